The molecule has 0 amide bonds. The molecule has 18 heavy (non-hydrogen) atoms. The van der Waals surface area contributed by atoms with E-state index in [1.54, 1.807) is 7.11 Å². The number of nitrogens with one attached hydrogen (secondary N) is 1. The number of aromatic nitrogens is 1. The van der Waals surface area contributed by atoms with Crippen LogP contribution in [0.4, 0.5) is 5.82 Å². The lowest BCUT2D eigenvalue weighted by Gasteiger charge is -2.40. The molecule has 98 valence electrons. The summed E-state index contributed by atoms with van der Waals surface area (Å²) in [6.45, 7) is 0.622. The Bertz CT molecular complexity index is 455. The molecule has 0 aromatic carbocycles. The van der Waals surface area contributed by atoms with Gasteiger partial charge in [0.1, 0.15) is 5.82 Å². The summed E-state index contributed by atoms with van der Waals surface area (Å²) >= 11 is 5.75. The second kappa shape index (κ2) is 5.12. The van der Waals surface area contributed by atoms with Crippen molar-refractivity contribution < 1.29 is 14.6 Å². The van der Waals surface area contributed by atoms with Gasteiger partial charge in [-0.1, -0.05) is 11.6 Å². The minimum absolute atomic E-state index is 0.0502. The van der Waals surface area contributed by atoms with Crippen LogP contribution in [0.25, 0.3) is 0 Å². The van der Waals surface area contributed by atoms with E-state index in [9.17, 15) is 4.79 Å². The molecule has 1 aromatic heterocycles. The number of nitrogens with zero attached hydrogens (tertiary/aromatic N) is 1. The van der Waals surface area contributed by atoms with Crippen LogP contribution in [0.3, 0.4) is 0 Å². The van der Waals surface area contributed by atoms with Crippen LogP contribution in [-0.2, 0) is 4.74 Å². The zero-order chi connectivity index (χ0) is 13.2. The topological polar surface area (TPSA) is 71.5 Å². The number of carbonyl (C=O) groups is 1. The van der Waals surface area contributed by atoms with Crippen molar-refractivity contribution in [1.82, 2.24) is 4.98 Å². The molecule has 1 aliphatic carbocycles. The maximum Gasteiger partial charge on any atom is 0.337 e. The van der Waals surface area contributed by atoms with Crippen LogP contribution < -0.4 is 5.32 Å². The summed E-state index contributed by atoms with van der Waals surface area (Å²) in [5, 5.41) is 12.2. The molecule has 1 saturated carbocycles. The predicted octanol–water partition coefficient (Wildman–Crippen LogP) is 2.41. The van der Waals surface area contributed by atoms with Crippen LogP contribution in [0.5, 0.6) is 0 Å². The molecule has 5 nitrogen and oxygen atoms in total. The Kier molecular flexibility index (Phi) is 3.73. The smallest absolute Gasteiger partial charge is 0.337 e. The number of methoxy groups -OCH3 is 1. The number of carboxylic acid groups (broad SMARTS) is 1. The third-order valence-corrected chi connectivity index (χ3v) is 3.68. The summed E-state index contributed by atoms with van der Waals surface area (Å²) in [5.74, 6) is -0.560. The molecule has 0 saturated heterocycles. The lowest BCUT2D eigenvalue weighted by Crippen LogP contribution is -2.45. The summed E-state index contributed by atoms with van der Waals surface area (Å²) in [4.78, 5) is 15.0. The lowest BCUT2D eigenvalue weighted by atomic mass is 9.80. The first-order valence-electron chi connectivity index (χ1n) is 5.74. The molecular weight excluding hydrogens is 256 g/mol. The fourth-order valence-electron chi connectivity index (χ4n) is 1.98. The summed E-state index contributed by atoms with van der Waals surface area (Å²) < 4.78 is 5.46. The molecule has 1 fully saturated rings. The maximum atomic E-state index is 10.9. The summed E-state index contributed by atoms with van der Waals surface area (Å²) in [7, 11) is 1.69. The lowest BCUT2D eigenvalue weighted by molar-refractivity contribution is -0.0601. The standard InChI is InChI=1S/C12H15ClN2O3/c1-18-12(3-2-4-12)7-15-10-5-8(11(16)17)9(13)6-14-10/h5-6H,2-4,7H2,1H3,(H,14,15)(H,16,17). The summed E-state index contributed by atoms with van der Waals surface area (Å²) in [5.41, 5.74) is -0.0840. The molecule has 0 unspecified atom stereocenters. The van der Waals surface area contributed by atoms with Crippen molar-refractivity contribution in [3.05, 3.63) is 22.8 Å². The molecule has 1 aliphatic rings. The van der Waals surface area contributed by atoms with E-state index in [2.05, 4.69) is 10.3 Å². The Hall–Kier alpha value is -1.33. The molecule has 2 N–H and O–H groups in total. The van der Waals surface area contributed by atoms with Gasteiger partial charge in [0, 0.05) is 19.9 Å². The van der Waals surface area contributed by atoms with Gasteiger partial charge in [-0.3, -0.25) is 0 Å². The zero-order valence-electron chi connectivity index (χ0n) is 10.1. The van der Waals surface area contributed by atoms with Crippen LogP contribution in [0.15, 0.2) is 12.3 Å². The maximum absolute atomic E-state index is 10.9. The van der Waals surface area contributed by atoms with Crippen LogP contribution in [0.1, 0.15) is 29.6 Å². The van der Waals surface area contributed by atoms with Crippen molar-refractivity contribution >= 4 is 23.4 Å². The van der Waals surface area contributed by atoms with E-state index in [0.29, 0.717) is 12.4 Å². The molecule has 2 rings (SSSR count). The Morgan fingerprint density at radius 2 is 2.39 bits per heavy atom. The number of hydrogen-bond donors (Lipinski definition) is 2. The normalized spacial score (nSPS) is 17.0. The van der Waals surface area contributed by atoms with Gasteiger partial charge in [-0.05, 0) is 25.3 Å². The van der Waals surface area contributed by atoms with E-state index in [1.807, 2.05) is 0 Å². The van der Waals surface area contributed by atoms with Gasteiger partial charge in [0.2, 0.25) is 0 Å². The minimum atomic E-state index is -1.06. The fraction of sp³-hybridized carbons (Fsp3) is 0.500. The number of rotatable bonds is 5. The Morgan fingerprint density at radius 3 is 2.89 bits per heavy atom. The quantitative estimate of drug-likeness (QED) is 0.860. The summed E-state index contributed by atoms with van der Waals surface area (Å²) in [6, 6.07) is 1.44. The van der Waals surface area contributed by atoms with Crippen molar-refractivity contribution in [2.24, 2.45) is 0 Å². The van der Waals surface area contributed by atoms with Gasteiger partial charge in [-0.2, -0.15) is 0 Å². The first-order valence-corrected chi connectivity index (χ1v) is 6.12. The molecule has 1 heterocycles. The number of anilines is 1. The van der Waals surface area contributed by atoms with Crippen molar-refractivity contribution in [3.63, 3.8) is 0 Å². The van der Waals surface area contributed by atoms with Gasteiger partial charge in [0.25, 0.3) is 0 Å². The average molecular weight is 271 g/mol. The van der Waals surface area contributed by atoms with E-state index >= 15 is 0 Å². The highest BCUT2D eigenvalue weighted by atomic mass is 35.5. The van der Waals surface area contributed by atoms with Crippen molar-refractivity contribution in [3.8, 4) is 0 Å². The molecule has 6 heteroatoms. The van der Waals surface area contributed by atoms with E-state index in [4.69, 9.17) is 21.4 Å². The van der Waals surface area contributed by atoms with Crippen molar-refractivity contribution in [1.29, 1.82) is 0 Å². The highest BCUT2D eigenvalue weighted by molar-refractivity contribution is 6.33. The minimum Gasteiger partial charge on any atom is -0.478 e. The molecule has 0 spiro atoms. The Morgan fingerprint density at radius 1 is 1.67 bits per heavy atom. The third-order valence-electron chi connectivity index (χ3n) is 3.38. The van der Waals surface area contributed by atoms with Crippen molar-refractivity contribution in [2.45, 2.75) is 24.9 Å². The van der Waals surface area contributed by atoms with E-state index < -0.39 is 5.97 Å². The number of ether oxygens (including phenoxy) is 1. The van der Waals surface area contributed by atoms with Crippen LogP contribution in [0.2, 0.25) is 5.02 Å². The highest BCUT2D eigenvalue weighted by Gasteiger charge is 2.36. The SMILES string of the molecule is COC1(CNc2cc(C(=O)O)c(Cl)cn2)CCC1. The molecule has 0 radical (unpaired) electrons. The van der Waals surface area contributed by atoms with Gasteiger partial charge in [-0.25, -0.2) is 9.78 Å². The number of halogens is 1. The van der Waals surface area contributed by atoms with Gasteiger partial charge in [-0.15, -0.1) is 0 Å². The third kappa shape index (κ3) is 2.57. The number of hydrogen-bond acceptors (Lipinski definition) is 4. The van der Waals surface area contributed by atoms with E-state index in [1.165, 1.54) is 12.3 Å². The Labute approximate surface area is 110 Å². The summed E-state index contributed by atoms with van der Waals surface area (Å²) in [6.07, 6.45) is 4.52. The predicted molar refractivity (Wildman–Crippen MR) is 68.3 cm³/mol. The molecule has 0 bridgehead atoms. The monoisotopic (exact) mass is 270 g/mol. The van der Waals surface area contributed by atoms with Gasteiger partial charge in [0.15, 0.2) is 0 Å². The van der Waals surface area contributed by atoms with Crippen LogP contribution in [0, 0.1) is 0 Å². The molecule has 0 aliphatic heterocycles. The van der Waals surface area contributed by atoms with Crippen LogP contribution in [-0.4, -0.2) is 35.3 Å². The number of aromatic carboxylic acids is 1. The fourth-order valence-corrected chi connectivity index (χ4v) is 2.16. The molecular formula is C12H15ClN2O3. The first kappa shape index (κ1) is 13.1. The number of carboxylic acids is 1. The second-order valence-electron chi connectivity index (χ2n) is 4.45. The van der Waals surface area contributed by atoms with Crippen LogP contribution >= 0.6 is 11.6 Å². The zero-order valence-corrected chi connectivity index (χ0v) is 10.8. The molecule has 1 aromatic rings. The number of pyridine rings is 1. The molecule has 0 atom stereocenters. The van der Waals surface area contributed by atoms with Gasteiger partial charge < -0.3 is 15.2 Å². The van der Waals surface area contributed by atoms with E-state index in [-0.39, 0.29) is 16.2 Å². The van der Waals surface area contributed by atoms with E-state index in [0.717, 1.165) is 19.3 Å². The highest BCUT2D eigenvalue weighted by Crippen LogP contribution is 2.35. The van der Waals surface area contributed by atoms with Crippen molar-refractivity contribution in [2.75, 3.05) is 19.0 Å². The van der Waals surface area contributed by atoms with Gasteiger partial charge in [0.05, 0.1) is 16.2 Å². The second-order valence-corrected chi connectivity index (χ2v) is 4.86. The average Bonchev–Trinajstić information content (AvgIpc) is 2.30. The van der Waals surface area contributed by atoms with Gasteiger partial charge >= 0.3 is 5.97 Å². The largest absolute Gasteiger partial charge is 0.478 e. The first-order chi connectivity index (χ1) is 8.56. The Balaban J connectivity index is 2.06.